The number of nitrogens with one attached hydrogen (secondary N) is 1. The molecule has 0 radical (unpaired) electrons. The van der Waals surface area contributed by atoms with Crippen LogP contribution in [-0.4, -0.2) is 39.2 Å². The fraction of sp³-hybridized carbons (Fsp3) is 0.409. The van der Waals surface area contributed by atoms with Crippen molar-refractivity contribution < 1.29 is 22.9 Å². The molecule has 2 aromatic carbocycles. The molecule has 0 aliphatic heterocycles. The third-order valence-electron chi connectivity index (χ3n) is 5.10. The molecule has 0 saturated heterocycles. The fourth-order valence-corrected chi connectivity index (χ4v) is 4.32. The summed E-state index contributed by atoms with van der Waals surface area (Å²) in [5, 5.41) is 13.9. The van der Waals surface area contributed by atoms with E-state index in [1.165, 1.54) is 18.2 Å². The Bertz CT molecular complexity index is 1110. The number of aryl methyl sites for hydroxylation is 1. The highest BCUT2D eigenvalue weighted by Crippen LogP contribution is 2.32. The van der Waals surface area contributed by atoms with E-state index < -0.39 is 33.4 Å². The summed E-state index contributed by atoms with van der Waals surface area (Å²) in [5.41, 5.74) is 2.61. The largest absolute Gasteiger partial charge is 0.496 e. The molecule has 32 heavy (non-hydrogen) atoms. The maximum atomic E-state index is 12.8. The molecule has 0 saturated carbocycles. The second-order valence-corrected chi connectivity index (χ2v) is 9.85. The van der Waals surface area contributed by atoms with Crippen molar-refractivity contribution >= 4 is 27.3 Å². The highest BCUT2D eigenvalue weighted by molar-refractivity contribution is 7.92. The number of sulfonamides is 1. The Balaban J connectivity index is 2.28. The minimum absolute atomic E-state index is 0.0484. The Hall–Kier alpha value is -3.14. The Morgan fingerprint density at radius 2 is 1.84 bits per heavy atom. The molecule has 174 valence electrons. The van der Waals surface area contributed by atoms with E-state index in [1.54, 1.807) is 7.11 Å². The summed E-state index contributed by atoms with van der Waals surface area (Å²) in [4.78, 5) is 23.2. The SMILES string of the molecule is COc1cc(C)c([C@@H](C)NC(=O)CN(c2cccc([N+](=O)[O-])c2)S(C)(=O)=O)cc1C(C)C. The van der Waals surface area contributed by atoms with Crippen LogP contribution < -0.4 is 14.4 Å². The number of nitrogens with zero attached hydrogens (tertiary/aromatic N) is 2. The zero-order chi connectivity index (χ0) is 24.2. The van der Waals surface area contributed by atoms with Crippen LogP contribution in [0.5, 0.6) is 5.75 Å². The number of nitro groups is 1. The number of carbonyl (C=O) groups is 1. The van der Waals surface area contributed by atoms with Gasteiger partial charge in [-0.15, -0.1) is 0 Å². The van der Waals surface area contributed by atoms with Gasteiger partial charge < -0.3 is 10.1 Å². The van der Waals surface area contributed by atoms with Gasteiger partial charge in [-0.2, -0.15) is 0 Å². The van der Waals surface area contributed by atoms with Gasteiger partial charge in [-0.3, -0.25) is 19.2 Å². The molecule has 0 unspecified atom stereocenters. The van der Waals surface area contributed by atoms with Gasteiger partial charge in [0, 0.05) is 12.1 Å². The van der Waals surface area contributed by atoms with Gasteiger partial charge in [0.2, 0.25) is 15.9 Å². The number of benzene rings is 2. The van der Waals surface area contributed by atoms with Gasteiger partial charge in [-0.05, 0) is 54.7 Å². The lowest BCUT2D eigenvalue weighted by molar-refractivity contribution is -0.384. The summed E-state index contributed by atoms with van der Waals surface area (Å²) in [6.45, 7) is 7.31. The molecule has 0 heterocycles. The molecule has 0 aliphatic carbocycles. The van der Waals surface area contributed by atoms with Gasteiger partial charge in [0.05, 0.1) is 30.0 Å². The first kappa shape index (κ1) is 25.1. The summed E-state index contributed by atoms with van der Waals surface area (Å²) in [5.74, 6) is 0.450. The number of hydrogen-bond donors (Lipinski definition) is 1. The zero-order valence-corrected chi connectivity index (χ0v) is 19.9. The summed E-state index contributed by atoms with van der Waals surface area (Å²) in [6.07, 6.45) is 0.949. The maximum Gasteiger partial charge on any atom is 0.271 e. The molecule has 1 atom stereocenters. The summed E-state index contributed by atoms with van der Waals surface area (Å²) in [6, 6.07) is 8.67. The van der Waals surface area contributed by atoms with Crippen LogP contribution in [0.3, 0.4) is 0 Å². The highest BCUT2D eigenvalue weighted by Gasteiger charge is 2.24. The van der Waals surface area contributed by atoms with Crippen molar-refractivity contribution in [1.82, 2.24) is 5.32 Å². The number of rotatable bonds is 9. The fourth-order valence-electron chi connectivity index (χ4n) is 3.47. The molecule has 1 amide bonds. The smallest absolute Gasteiger partial charge is 0.271 e. The van der Waals surface area contributed by atoms with Gasteiger partial charge >= 0.3 is 0 Å². The monoisotopic (exact) mass is 463 g/mol. The molecule has 2 rings (SSSR count). The first-order valence-electron chi connectivity index (χ1n) is 10.0. The molecule has 0 bridgehead atoms. The third-order valence-corrected chi connectivity index (χ3v) is 6.24. The number of non-ortho nitro benzene ring substituents is 1. The van der Waals surface area contributed by atoms with Crippen LogP contribution in [-0.2, 0) is 14.8 Å². The zero-order valence-electron chi connectivity index (χ0n) is 19.1. The van der Waals surface area contributed by atoms with Crippen LogP contribution in [0.2, 0.25) is 0 Å². The van der Waals surface area contributed by atoms with Crippen LogP contribution in [0.15, 0.2) is 36.4 Å². The minimum Gasteiger partial charge on any atom is -0.496 e. The van der Waals surface area contributed by atoms with E-state index in [2.05, 4.69) is 5.32 Å². The molecule has 0 fully saturated rings. The van der Waals surface area contributed by atoms with Gasteiger partial charge in [0.25, 0.3) is 5.69 Å². The van der Waals surface area contributed by atoms with E-state index in [1.807, 2.05) is 39.8 Å². The van der Waals surface area contributed by atoms with Crippen molar-refractivity contribution in [3.05, 3.63) is 63.2 Å². The lowest BCUT2D eigenvalue weighted by atomic mass is 9.93. The predicted molar refractivity (Wildman–Crippen MR) is 124 cm³/mol. The number of nitro benzene ring substituents is 1. The molecule has 0 spiro atoms. The topological polar surface area (TPSA) is 119 Å². The number of hydrogen-bond acceptors (Lipinski definition) is 6. The average Bonchev–Trinajstić information content (AvgIpc) is 2.70. The molecule has 2 aromatic rings. The second kappa shape index (κ2) is 9.99. The van der Waals surface area contributed by atoms with Gasteiger partial charge in [0.15, 0.2) is 0 Å². The van der Waals surface area contributed by atoms with Gasteiger partial charge in [-0.1, -0.05) is 19.9 Å². The van der Waals surface area contributed by atoms with Gasteiger partial charge in [-0.25, -0.2) is 8.42 Å². The first-order chi connectivity index (χ1) is 14.8. The summed E-state index contributed by atoms with van der Waals surface area (Å²) < 4.78 is 30.9. The molecular weight excluding hydrogens is 434 g/mol. The third kappa shape index (κ3) is 5.97. The summed E-state index contributed by atoms with van der Waals surface area (Å²) >= 11 is 0. The molecular formula is C22H29N3O6S. The second-order valence-electron chi connectivity index (χ2n) is 7.94. The van der Waals surface area contributed by atoms with Crippen molar-refractivity contribution in [2.24, 2.45) is 0 Å². The Morgan fingerprint density at radius 1 is 1.19 bits per heavy atom. The van der Waals surface area contributed by atoms with E-state index in [-0.39, 0.29) is 17.3 Å². The quantitative estimate of drug-likeness (QED) is 0.448. The lowest BCUT2D eigenvalue weighted by Crippen LogP contribution is -2.41. The van der Waals surface area contributed by atoms with Crippen LogP contribution in [0, 0.1) is 17.0 Å². The number of ether oxygens (including phenoxy) is 1. The lowest BCUT2D eigenvalue weighted by Gasteiger charge is -2.24. The van der Waals surface area contributed by atoms with E-state index in [0.29, 0.717) is 0 Å². The molecule has 0 aliphatic rings. The average molecular weight is 464 g/mol. The van der Waals surface area contributed by atoms with E-state index in [0.717, 1.165) is 39.1 Å². The molecule has 10 heteroatoms. The first-order valence-corrected chi connectivity index (χ1v) is 11.9. The van der Waals surface area contributed by atoms with Crippen LogP contribution in [0.25, 0.3) is 0 Å². The minimum atomic E-state index is -3.86. The number of anilines is 1. The molecule has 1 N–H and O–H groups in total. The summed E-state index contributed by atoms with van der Waals surface area (Å²) in [7, 11) is -2.25. The van der Waals surface area contributed by atoms with Crippen LogP contribution >= 0.6 is 0 Å². The van der Waals surface area contributed by atoms with Crippen LogP contribution in [0.1, 0.15) is 49.4 Å². The molecule has 9 nitrogen and oxygen atoms in total. The van der Waals surface area contributed by atoms with Crippen molar-refractivity contribution in [2.45, 2.75) is 39.7 Å². The van der Waals surface area contributed by atoms with Crippen molar-refractivity contribution in [3.8, 4) is 5.75 Å². The standard InChI is InChI=1S/C22H29N3O6S/c1-14(2)19-12-20(15(3)10-21(19)31-5)16(4)23-22(26)13-24(32(6,29)30)17-8-7-9-18(11-17)25(27)28/h7-12,14,16H,13H2,1-6H3,(H,23,26)/t16-/m1/s1. The van der Waals surface area contributed by atoms with Gasteiger partial charge in [0.1, 0.15) is 12.3 Å². The Kier molecular flexibility index (Phi) is 7.84. The number of carbonyl (C=O) groups excluding carboxylic acids is 1. The van der Waals surface area contributed by atoms with E-state index in [9.17, 15) is 23.3 Å². The van der Waals surface area contributed by atoms with Crippen LogP contribution in [0.4, 0.5) is 11.4 Å². The Labute approximate surface area is 188 Å². The number of methoxy groups -OCH3 is 1. The molecule has 0 aromatic heterocycles. The van der Waals surface area contributed by atoms with Crippen molar-refractivity contribution in [3.63, 3.8) is 0 Å². The highest BCUT2D eigenvalue weighted by atomic mass is 32.2. The number of amides is 1. The van der Waals surface area contributed by atoms with E-state index in [4.69, 9.17) is 4.74 Å². The normalized spacial score (nSPS) is 12.3. The Morgan fingerprint density at radius 3 is 2.38 bits per heavy atom. The predicted octanol–water partition coefficient (Wildman–Crippen LogP) is 3.68. The van der Waals surface area contributed by atoms with Crippen molar-refractivity contribution in [2.75, 3.05) is 24.2 Å². The van der Waals surface area contributed by atoms with Crippen molar-refractivity contribution in [1.29, 1.82) is 0 Å². The van der Waals surface area contributed by atoms with E-state index >= 15 is 0 Å². The maximum absolute atomic E-state index is 12.8.